The zero-order chi connectivity index (χ0) is 16.5. The van der Waals surface area contributed by atoms with E-state index in [0.29, 0.717) is 13.2 Å². The van der Waals surface area contributed by atoms with Crippen LogP contribution in [0.1, 0.15) is 47.5 Å². The van der Waals surface area contributed by atoms with Gasteiger partial charge in [0.15, 0.2) is 0 Å². The van der Waals surface area contributed by atoms with Crippen molar-refractivity contribution in [2.75, 3.05) is 20.3 Å². The predicted octanol–water partition coefficient (Wildman–Crippen LogP) is 2.35. The minimum Gasteiger partial charge on any atom is -0.385 e. The fourth-order valence-corrected chi connectivity index (χ4v) is 2.31. The van der Waals surface area contributed by atoms with Crippen molar-refractivity contribution >= 4 is 5.91 Å². The molecule has 5 heteroatoms. The van der Waals surface area contributed by atoms with Gasteiger partial charge in [0, 0.05) is 32.0 Å². The molecule has 0 aromatic heterocycles. The molecule has 0 aliphatic rings. The molecule has 0 spiro atoms. The smallest absolute Gasteiger partial charge is 0.263 e. The number of nitriles is 1. The molecule has 21 heavy (non-hydrogen) atoms. The van der Waals surface area contributed by atoms with Crippen molar-refractivity contribution < 1.29 is 9.53 Å². The summed E-state index contributed by atoms with van der Waals surface area (Å²) >= 11 is 0. The number of carbonyl (C=O) groups excluding carboxylic acids is 1. The molecule has 0 saturated carbocycles. The van der Waals surface area contributed by atoms with Crippen LogP contribution in [0.3, 0.4) is 0 Å². The van der Waals surface area contributed by atoms with E-state index in [1.54, 1.807) is 7.11 Å². The number of carbonyl (C=O) groups is 1. The molecular weight excluding hydrogens is 266 g/mol. The molecule has 0 aromatic rings. The first-order valence-corrected chi connectivity index (χ1v) is 7.26. The summed E-state index contributed by atoms with van der Waals surface area (Å²) in [7, 11) is 1.61. The van der Waals surface area contributed by atoms with E-state index < -0.39 is 0 Å². The van der Waals surface area contributed by atoms with Gasteiger partial charge in [0.05, 0.1) is 0 Å². The lowest BCUT2D eigenvalue weighted by atomic mass is 9.82. The van der Waals surface area contributed by atoms with Gasteiger partial charge in [-0.1, -0.05) is 20.8 Å². The molecule has 0 bridgehead atoms. The van der Waals surface area contributed by atoms with Crippen molar-refractivity contribution in [3.8, 4) is 6.07 Å². The van der Waals surface area contributed by atoms with Crippen LogP contribution in [-0.4, -0.2) is 31.7 Å². The fourth-order valence-electron chi connectivity index (χ4n) is 2.31. The molecule has 0 atom stereocenters. The van der Waals surface area contributed by atoms with Crippen LogP contribution in [-0.2, 0) is 9.53 Å². The third kappa shape index (κ3) is 9.91. The summed E-state index contributed by atoms with van der Waals surface area (Å²) in [5.41, 5.74) is 0.0744. The summed E-state index contributed by atoms with van der Waals surface area (Å²) < 4.78 is 4.91. The maximum Gasteiger partial charge on any atom is 0.263 e. The van der Waals surface area contributed by atoms with Crippen molar-refractivity contribution in [1.82, 2.24) is 10.6 Å². The highest BCUT2D eigenvalue weighted by Gasteiger charge is 2.24. The van der Waals surface area contributed by atoms with Crippen LogP contribution < -0.4 is 10.6 Å². The summed E-state index contributed by atoms with van der Waals surface area (Å²) in [5.74, 6) is -0.354. The Labute approximate surface area is 128 Å². The molecule has 0 fully saturated rings. The Hall–Kier alpha value is -1.54. The monoisotopic (exact) mass is 295 g/mol. The number of nitrogens with zero attached hydrogens (tertiary/aromatic N) is 1. The lowest BCUT2D eigenvalue weighted by Gasteiger charge is -2.33. The molecule has 0 rings (SSSR count). The highest BCUT2D eigenvalue weighted by atomic mass is 16.5. The number of rotatable bonds is 8. The Morgan fingerprint density at radius 3 is 2.38 bits per heavy atom. The quantitative estimate of drug-likeness (QED) is 0.409. The Kier molecular flexibility index (Phi) is 8.05. The summed E-state index contributed by atoms with van der Waals surface area (Å²) in [4.78, 5) is 11.9. The predicted molar refractivity (Wildman–Crippen MR) is 84.5 cm³/mol. The minimum absolute atomic E-state index is 0.0920. The van der Waals surface area contributed by atoms with E-state index in [2.05, 4.69) is 45.3 Å². The van der Waals surface area contributed by atoms with Gasteiger partial charge in [0.25, 0.3) is 5.91 Å². The molecule has 5 nitrogen and oxygen atoms in total. The highest BCUT2D eigenvalue weighted by Crippen LogP contribution is 2.26. The van der Waals surface area contributed by atoms with Crippen LogP contribution >= 0.6 is 0 Å². The van der Waals surface area contributed by atoms with Gasteiger partial charge in [-0.3, -0.25) is 4.79 Å². The summed E-state index contributed by atoms with van der Waals surface area (Å²) in [5, 5.41) is 15.0. The zero-order valence-electron chi connectivity index (χ0n) is 14.2. The zero-order valence-corrected chi connectivity index (χ0v) is 14.2. The van der Waals surface area contributed by atoms with Gasteiger partial charge < -0.3 is 15.4 Å². The van der Waals surface area contributed by atoms with Crippen LogP contribution in [0.15, 0.2) is 11.8 Å². The van der Waals surface area contributed by atoms with Crippen molar-refractivity contribution in [2.45, 2.75) is 53.0 Å². The Morgan fingerprint density at radius 1 is 1.29 bits per heavy atom. The Balaban J connectivity index is 4.52. The minimum atomic E-state index is -0.354. The first-order chi connectivity index (χ1) is 9.61. The van der Waals surface area contributed by atoms with Crippen LogP contribution in [0, 0.1) is 16.7 Å². The molecule has 1 amide bonds. The highest BCUT2D eigenvalue weighted by molar-refractivity contribution is 5.97. The molecule has 120 valence electrons. The molecule has 0 aromatic carbocycles. The molecule has 0 radical (unpaired) electrons. The normalized spacial score (nSPS) is 12.7. The van der Waals surface area contributed by atoms with E-state index in [9.17, 15) is 4.79 Å². The molecule has 0 aliphatic heterocycles. The van der Waals surface area contributed by atoms with E-state index in [1.165, 1.54) is 6.20 Å². The van der Waals surface area contributed by atoms with Gasteiger partial charge >= 0.3 is 0 Å². The lowest BCUT2D eigenvalue weighted by Crippen LogP contribution is -2.40. The summed E-state index contributed by atoms with van der Waals surface area (Å²) in [6, 6.07) is 1.93. The third-order valence-electron chi connectivity index (χ3n) is 2.76. The van der Waals surface area contributed by atoms with Crippen molar-refractivity contribution in [1.29, 1.82) is 5.26 Å². The van der Waals surface area contributed by atoms with Crippen LogP contribution in [0.4, 0.5) is 0 Å². The number of nitrogens with one attached hydrogen (secondary N) is 2. The largest absolute Gasteiger partial charge is 0.385 e. The molecule has 0 unspecified atom stereocenters. The second-order valence-electron chi connectivity index (χ2n) is 7.04. The van der Waals surface area contributed by atoms with E-state index in [4.69, 9.17) is 10.00 Å². The third-order valence-corrected chi connectivity index (χ3v) is 2.76. The Bertz CT molecular complexity index is 401. The van der Waals surface area contributed by atoms with Crippen LogP contribution in [0.5, 0.6) is 0 Å². The standard InChI is InChI=1S/C16H29N3O2/c1-15(2,3)12-16(4,5)19-11-13(10-17)14(20)18-8-7-9-21-6/h11,19H,7-9,12H2,1-6H3,(H,18,20)/b13-11-. The number of hydrogen-bond acceptors (Lipinski definition) is 4. The van der Waals surface area contributed by atoms with Gasteiger partial charge in [-0.05, 0) is 32.1 Å². The summed E-state index contributed by atoms with van der Waals surface area (Å²) in [6.07, 6.45) is 3.16. The topological polar surface area (TPSA) is 74.1 Å². The second-order valence-corrected chi connectivity index (χ2v) is 7.04. The maximum absolute atomic E-state index is 11.9. The van der Waals surface area contributed by atoms with Crippen molar-refractivity contribution in [3.63, 3.8) is 0 Å². The van der Waals surface area contributed by atoms with E-state index in [0.717, 1.165) is 12.8 Å². The van der Waals surface area contributed by atoms with E-state index in [1.807, 2.05) is 6.07 Å². The first kappa shape index (κ1) is 19.5. The maximum atomic E-state index is 11.9. The average Bonchev–Trinajstić information content (AvgIpc) is 2.32. The van der Waals surface area contributed by atoms with Gasteiger partial charge in [-0.2, -0.15) is 5.26 Å². The number of methoxy groups -OCH3 is 1. The average molecular weight is 295 g/mol. The molecule has 0 heterocycles. The molecular formula is C16H29N3O2. The number of hydrogen-bond donors (Lipinski definition) is 2. The molecule has 0 saturated heterocycles. The van der Waals surface area contributed by atoms with Crippen LogP contribution in [0.25, 0.3) is 0 Å². The number of ether oxygens (including phenoxy) is 1. The van der Waals surface area contributed by atoms with Gasteiger partial charge in [-0.25, -0.2) is 0 Å². The van der Waals surface area contributed by atoms with Gasteiger partial charge in [0.2, 0.25) is 0 Å². The van der Waals surface area contributed by atoms with Gasteiger partial charge in [0.1, 0.15) is 11.6 Å². The lowest BCUT2D eigenvalue weighted by molar-refractivity contribution is -0.117. The van der Waals surface area contributed by atoms with E-state index in [-0.39, 0.29) is 22.4 Å². The first-order valence-electron chi connectivity index (χ1n) is 7.26. The molecule has 2 N–H and O–H groups in total. The van der Waals surface area contributed by atoms with E-state index >= 15 is 0 Å². The van der Waals surface area contributed by atoms with Crippen LogP contribution in [0.2, 0.25) is 0 Å². The van der Waals surface area contributed by atoms with Crippen molar-refractivity contribution in [2.24, 2.45) is 5.41 Å². The number of amides is 1. The SMILES string of the molecule is COCCCNC(=O)/C(C#N)=C\NC(C)(C)CC(C)(C)C. The second kappa shape index (κ2) is 8.68. The Morgan fingerprint density at radius 2 is 1.90 bits per heavy atom. The van der Waals surface area contributed by atoms with Crippen molar-refractivity contribution in [3.05, 3.63) is 11.8 Å². The molecule has 0 aliphatic carbocycles. The summed E-state index contributed by atoms with van der Waals surface area (Å²) in [6.45, 7) is 11.7. The fraction of sp³-hybridized carbons (Fsp3) is 0.750. The van der Waals surface area contributed by atoms with Gasteiger partial charge in [-0.15, -0.1) is 0 Å².